The van der Waals surface area contributed by atoms with Crippen LogP contribution in [0.4, 0.5) is 5.13 Å². The summed E-state index contributed by atoms with van der Waals surface area (Å²) in [5.41, 5.74) is 3.37. The number of hydrogen-bond acceptors (Lipinski definition) is 6. The van der Waals surface area contributed by atoms with Gasteiger partial charge < -0.3 is 20.2 Å². The van der Waals surface area contributed by atoms with Crippen LogP contribution >= 0.6 is 11.3 Å². The van der Waals surface area contributed by atoms with E-state index < -0.39 is 0 Å². The first-order valence-corrected chi connectivity index (χ1v) is 13.8. The predicted octanol–water partition coefficient (Wildman–Crippen LogP) is 4.99. The molecule has 1 N–H and O–H groups in total. The Kier molecular flexibility index (Phi) is 7.69. The molecule has 1 atom stereocenters. The van der Waals surface area contributed by atoms with Crippen molar-refractivity contribution in [2.75, 3.05) is 25.5 Å². The number of rotatable bonds is 6. The number of methoxy groups -OCH3 is 1. The fourth-order valence-electron chi connectivity index (χ4n) is 5.42. The monoisotopic (exact) mass is 520 g/mol. The molecular formula is C28H32N4O4S. The summed E-state index contributed by atoms with van der Waals surface area (Å²) in [6.07, 6.45) is 10.3. The lowest BCUT2D eigenvalue weighted by atomic mass is 9.83. The number of hydrogen-bond donors (Lipinski definition) is 1. The molecule has 3 heterocycles. The van der Waals surface area contributed by atoms with E-state index in [4.69, 9.17) is 9.72 Å². The molecule has 0 spiro atoms. The van der Waals surface area contributed by atoms with Gasteiger partial charge in [0.2, 0.25) is 5.91 Å². The molecule has 2 aliphatic rings. The molecule has 194 valence electrons. The van der Waals surface area contributed by atoms with Gasteiger partial charge in [-0.2, -0.15) is 4.73 Å². The number of carbonyl (C=O) groups is 2. The maximum absolute atomic E-state index is 13.1. The predicted molar refractivity (Wildman–Crippen MR) is 143 cm³/mol. The molecule has 1 aliphatic carbocycles. The summed E-state index contributed by atoms with van der Waals surface area (Å²) in [5, 5.41) is 17.0. The minimum Gasteiger partial charge on any atom is -0.619 e. The maximum Gasteiger partial charge on any atom is 0.259 e. The van der Waals surface area contributed by atoms with Crippen molar-refractivity contribution in [3.05, 3.63) is 64.4 Å². The van der Waals surface area contributed by atoms with Gasteiger partial charge in [-0.05, 0) is 55.4 Å². The zero-order valence-corrected chi connectivity index (χ0v) is 21.8. The molecule has 5 rings (SSSR count). The number of thiazole rings is 1. The molecule has 9 heteroatoms. The van der Waals surface area contributed by atoms with E-state index in [1.165, 1.54) is 61.4 Å². The topological polar surface area (TPSA) is 98.5 Å². The van der Waals surface area contributed by atoms with Crippen molar-refractivity contribution in [2.24, 2.45) is 5.92 Å². The fourth-order valence-corrected chi connectivity index (χ4v) is 6.13. The van der Waals surface area contributed by atoms with Gasteiger partial charge in [0.25, 0.3) is 5.91 Å². The van der Waals surface area contributed by atoms with Crippen molar-refractivity contribution in [3.63, 3.8) is 0 Å². The largest absolute Gasteiger partial charge is 0.619 e. The molecule has 2 fully saturated rings. The van der Waals surface area contributed by atoms with Gasteiger partial charge in [-0.15, -0.1) is 11.3 Å². The van der Waals surface area contributed by atoms with Crippen molar-refractivity contribution in [1.29, 1.82) is 0 Å². The average molecular weight is 521 g/mol. The Hall–Kier alpha value is -3.46. The summed E-state index contributed by atoms with van der Waals surface area (Å²) in [7, 11) is 1.66. The van der Waals surface area contributed by atoms with Crippen molar-refractivity contribution in [1.82, 2.24) is 9.88 Å². The van der Waals surface area contributed by atoms with Crippen LogP contribution in [0.5, 0.6) is 5.75 Å². The Morgan fingerprint density at radius 1 is 1.16 bits per heavy atom. The van der Waals surface area contributed by atoms with E-state index in [1.807, 2.05) is 11.4 Å². The highest BCUT2D eigenvalue weighted by atomic mass is 32.1. The van der Waals surface area contributed by atoms with Crippen LogP contribution in [-0.2, 0) is 4.79 Å². The SMILES string of the molecule is COc1ccc(C2CCCCC2)cc1-c1csc(NC(=O)C2CCCN(C(=O)c3ccc[n+]([O-])c3)C2)n1. The van der Waals surface area contributed by atoms with Gasteiger partial charge >= 0.3 is 0 Å². The van der Waals surface area contributed by atoms with Crippen molar-refractivity contribution < 1.29 is 19.1 Å². The van der Waals surface area contributed by atoms with Crippen LogP contribution in [0.3, 0.4) is 0 Å². The van der Waals surface area contributed by atoms with E-state index in [0.717, 1.165) is 23.4 Å². The number of nitrogens with zero attached hydrogens (tertiary/aromatic N) is 3. The van der Waals surface area contributed by atoms with E-state index in [0.29, 0.717) is 40.9 Å². The van der Waals surface area contributed by atoms with E-state index in [2.05, 4.69) is 17.4 Å². The van der Waals surface area contributed by atoms with Crippen LogP contribution in [-0.4, -0.2) is 41.9 Å². The third kappa shape index (κ3) is 5.77. The van der Waals surface area contributed by atoms with Crippen molar-refractivity contribution >= 4 is 28.3 Å². The highest BCUT2D eigenvalue weighted by Gasteiger charge is 2.30. The lowest BCUT2D eigenvalue weighted by Crippen LogP contribution is -2.44. The first kappa shape index (κ1) is 25.2. The Bertz CT molecular complexity index is 1270. The molecule has 0 radical (unpaired) electrons. The lowest BCUT2D eigenvalue weighted by Gasteiger charge is -2.31. The highest BCUT2D eigenvalue weighted by Crippen LogP contribution is 2.38. The summed E-state index contributed by atoms with van der Waals surface area (Å²) in [5.74, 6) is 0.627. The summed E-state index contributed by atoms with van der Waals surface area (Å²) in [6, 6.07) is 9.54. The van der Waals surface area contributed by atoms with Crippen LogP contribution in [0.1, 0.15) is 66.8 Å². The Balaban J connectivity index is 1.27. The van der Waals surface area contributed by atoms with Crippen LogP contribution in [0, 0.1) is 11.1 Å². The molecule has 2 amide bonds. The Morgan fingerprint density at radius 3 is 2.78 bits per heavy atom. The molecule has 1 unspecified atom stereocenters. The first-order chi connectivity index (χ1) is 18.0. The third-order valence-corrected chi connectivity index (χ3v) is 8.17. The number of anilines is 1. The summed E-state index contributed by atoms with van der Waals surface area (Å²) in [6.45, 7) is 0.878. The molecular weight excluding hydrogens is 488 g/mol. The molecule has 0 bridgehead atoms. The van der Waals surface area contributed by atoms with E-state index in [-0.39, 0.29) is 17.7 Å². The highest BCUT2D eigenvalue weighted by molar-refractivity contribution is 7.14. The number of carbonyl (C=O) groups excluding carboxylic acids is 2. The second-order valence-electron chi connectivity index (χ2n) is 9.86. The van der Waals surface area contributed by atoms with Crippen LogP contribution in [0.2, 0.25) is 0 Å². The molecule has 3 aromatic rings. The second kappa shape index (κ2) is 11.3. The molecule has 1 saturated heterocycles. The summed E-state index contributed by atoms with van der Waals surface area (Å²) >= 11 is 1.39. The lowest BCUT2D eigenvalue weighted by molar-refractivity contribution is -0.605. The number of benzene rings is 1. The van der Waals surface area contributed by atoms with E-state index in [9.17, 15) is 14.8 Å². The van der Waals surface area contributed by atoms with Gasteiger partial charge in [-0.3, -0.25) is 9.59 Å². The summed E-state index contributed by atoms with van der Waals surface area (Å²) < 4.78 is 6.24. The van der Waals surface area contributed by atoms with Crippen LogP contribution in [0.25, 0.3) is 11.3 Å². The number of ether oxygens (including phenoxy) is 1. The zero-order chi connectivity index (χ0) is 25.8. The number of pyridine rings is 1. The van der Waals surface area contributed by atoms with Gasteiger partial charge in [0.1, 0.15) is 11.3 Å². The number of amides is 2. The van der Waals surface area contributed by atoms with Gasteiger partial charge in [-0.1, -0.05) is 25.3 Å². The fraction of sp³-hybridized carbons (Fsp3) is 0.429. The minimum atomic E-state index is -0.336. The smallest absolute Gasteiger partial charge is 0.259 e. The Morgan fingerprint density at radius 2 is 2.00 bits per heavy atom. The van der Waals surface area contributed by atoms with E-state index >= 15 is 0 Å². The molecule has 1 aliphatic heterocycles. The first-order valence-electron chi connectivity index (χ1n) is 12.9. The quantitative estimate of drug-likeness (QED) is 0.365. The number of piperidine rings is 1. The Labute approximate surface area is 220 Å². The number of nitrogens with one attached hydrogen (secondary N) is 1. The van der Waals surface area contributed by atoms with Crippen molar-refractivity contribution in [3.8, 4) is 17.0 Å². The molecule has 8 nitrogen and oxygen atoms in total. The van der Waals surface area contributed by atoms with Crippen LogP contribution < -0.4 is 14.8 Å². The third-order valence-electron chi connectivity index (χ3n) is 7.41. The van der Waals surface area contributed by atoms with Crippen LogP contribution in [0.15, 0.2) is 48.1 Å². The number of aromatic nitrogens is 2. The van der Waals surface area contributed by atoms with E-state index in [1.54, 1.807) is 24.1 Å². The molecule has 2 aromatic heterocycles. The normalized spacial score (nSPS) is 18.4. The van der Waals surface area contributed by atoms with Gasteiger partial charge in [0.05, 0.1) is 18.7 Å². The standard InChI is InChI=1S/C28H32N4O4S/c1-36-25-12-11-20(19-7-3-2-4-8-19)15-23(25)24-18-37-28(29-24)30-26(33)21-9-5-13-31(16-21)27(34)22-10-6-14-32(35)17-22/h6,10-12,14-15,17-19,21H,2-5,7-9,13,16H2,1H3,(H,29,30,33). The maximum atomic E-state index is 13.1. The summed E-state index contributed by atoms with van der Waals surface area (Å²) in [4.78, 5) is 32.3. The molecule has 37 heavy (non-hydrogen) atoms. The van der Waals surface area contributed by atoms with Gasteiger partial charge in [0.15, 0.2) is 17.5 Å². The number of likely N-dealkylation sites (tertiary alicyclic amines) is 1. The zero-order valence-electron chi connectivity index (χ0n) is 21.0. The second-order valence-corrected chi connectivity index (χ2v) is 10.7. The molecule has 1 saturated carbocycles. The molecule has 1 aromatic carbocycles. The van der Waals surface area contributed by atoms with Crippen molar-refractivity contribution in [2.45, 2.75) is 50.9 Å². The van der Waals surface area contributed by atoms with Gasteiger partial charge in [-0.25, -0.2) is 4.98 Å². The average Bonchev–Trinajstić information content (AvgIpc) is 3.41. The van der Waals surface area contributed by atoms with Gasteiger partial charge in [0, 0.05) is 30.1 Å². The minimum absolute atomic E-state index is 0.145.